The molecular formula is C19H30N4O. The number of carbonyl (C=O) groups excluding carboxylic acids is 1. The number of amides is 1. The molecule has 1 fully saturated rings. The van der Waals surface area contributed by atoms with Gasteiger partial charge in [-0.15, -0.1) is 0 Å². The summed E-state index contributed by atoms with van der Waals surface area (Å²) in [5.74, 6) is 0.689. The highest BCUT2D eigenvalue weighted by atomic mass is 16.1. The Morgan fingerprint density at radius 2 is 2.00 bits per heavy atom. The number of aryl methyl sites for hydroxylation is 1. The molecule has 0 bridgehead atoms. The van der Waals surface area contributed by atoms with E-state index in [2.05, 4.69) is 40.6 Å². The number of hydrogen-bond donors (Lipinski definition) is 1. The molecule has 1 amide bonds. The van der Waals surface area contributed by atoms with Gasteiger partial charge in [-0.3, -0.25) is 14.7 Å². The third-order valence-corrected chi connectivity index (χ3v) is 4.47. The van der Waals surface area contributed by atoms with E-state index in [1.165, 1.54) is 6.42 Å². The maximum absolute atomic E-state index is 12.3. The number of hydrogen-bond acceptors (Lipinski definition) is 3. The Hall–Kier alpha value is -1.91. The topological polar surface area (TPSA) is 59.8 Å². The molecule has 0 unspecified atom stereocenters. The lowest BCUT2D eigenvalue weighted by molar-refractivity contribution is -0.116. The Morgan fingerprint density at radius 1 is 1.29 bits per heavy atom. The molecule has 0 saturated heterocycles. The van der Waals surface area contributed by atoms with Crippen LogP contribution in [0.3, 0.4) is 0 Å². The molecule has 0 aliphatic heterocycles. The second-order valence-electron chi connectivity index (χ2n) is 7.79. The minimum atomic E-state index is 0. The van der Waals surface area contributed by atoms with Gasteiger partial charge in [0, 0.05) is 18.2 Å². The summed E-state index contributed by atoms with van der Waals surface area (Å²) in [4.78, 5) is 21.5. The number of pyridine rings is 1. The van der Waals surface area contributed by atoms with Crippen molar-refractivity contribution < 1.29 is 4.79 Å². The quantitative estimate of drug-likeness (QED) is 0.870. The summed E-state index contributed by atoms with van der Waals surface area (Å²) in [5.41, 5.74) is 2.88. The summed E-state index contributed by atoms with van der Waals surface area (Å²) >= 11 is 0. The number of nitrogens with one attached hydrogen (secondary N) is 1. The van der Waals surface area contributed by atoms with E-state index in [9.17, 15) is 4.79 Å². The SMILES string of the molecule is C.Cc1ccc2nc(NC(=O)CCC(C)(C)C)n(C3CCC3)c2n1. The number of carbonyl (C=O) groups is 1. The van der Waals surface area contributed by atoms with Gasteiger partial charge in [-0.1, -0.05) is 28.2 Å². The van der Waals surface area contributed by atoms with Crippen LogP contribution in [0.1, 0.15) is 72.0 Å². The maximum atomic E-state index is 12.3. The summed E-state index contributed by atoms with van der Waals surface area (Å²) in [6.07, 6.45) is 4.87. The summed E-state index contributed by atoms with van der Waals surface area (Å²) < 4.78 is 2.13. The van der Waals surface area contributed by atoms with Crippen LogP contribution in [-0.4, -0.2) is 20.4 Å². The number of rotatable bonds is 4. The van der Waals surface area contributed by atoms with E-state index in [0.29, 0.717) is 18.4 Å². The van der Waals surface area contributed by atoms with Gasteiger partial charge in [0.2, 0.25) is 11.9 Å². The predicted molar refractivity (Wildman–Crippen MR) is 99.2 cm³/mol. The number of anilines is 1. The summed E-state index contributed by atoms with van der Waals surface area (Å²) in [5, 5.41) is 3.01. The highest BCUT2D eigenvalue weighted by Gasteiger charge is 2.26. The summed E-state index contributed by atoms with van der Waals surface area (Å²) in [6, 6.07) is 4.36. The van der Waals surface area contributed by atoms with Crippen LogP contribution in [0.2, 0.25) is 0 Å². The fraction of sp³-hybridized carbons (Fsp3) is 0.632. The number of aromatic nitrogens is 3. The van der Waals surface area contributed by atoms with E-state index >= 15 is 0 Å². The first kappa shape index (κ1) is 18.4. The zero-order valence-corrected chi connectivity index (χ0v) is 14.5. The summed E-state index contributed by atoms with van der Waals surface area (Å²) in [7, 11) is 0. The summed E-state index contributed by atoms with van der Waals surface area (Å²) in [6.45, 7) is 8.43. The van der Waals surface area contributed by atoms with Gasteiger partial charge < -0.3 is 0 Å². The molecular weight excluding hydrogens is 300 g/mol. The van der Waals surface area contributed by atoms with Crippen molar-refractivity contribution in [2.45, 2.75) is 73.3 Å². The molecule has 24 heavy (non-hydrogen) atoms. The van der Waals surface area contributed by atoms with Gasteiger partial charge in [0.1, 0.15) is 5.52 Å². The van der Waals surface area contributed by atoms with Gasteiger partial charge >= 0.3 is 0 Å². The van der Waals surface area contributed by atoms with Crippen LogP contribution in [0.25, 0.3) is 11.2 Å². The average molecular weight is 330 g/mol. The third-order valence-electron chi connectivity index (χ3n) is 4.47. The van der Waals surface area contributed by atoms with Crippen molar-refractivity contribution in [3.63, 3.8) is 0 Å². The zero-order chi connectivity index (χ0) is 16.6. The van der Waals surface area contributed by atoms with E-state index in [0.717, 1.165) is 36.1 Å². The molecule has 1 N–H and O–H groups in total. The van der Waals surface area contributed by atoms with Crippen molar-refractivity contribution in [2.75, 3.05) is 5.32 Å². The van der Waals surface area contributed by atoms with E-state index < -0.39 is 0 Å². The first-order valence-electron chi connectivity index (χ1n) is 8.49. The van der Waals surface area contributed by atoms with Crippen LogP contribution in [-0.2, 0) is 4.79 Å². The molecule has 0 radical (unpaired) electrons. The maximum Gasteiger partial charge on any atom is 0.226 e. The van der Waals surface area contributed by atoms with Crippen molar-refractivity contribution in [3.8, 4) is 0 Å². The minimum absolute atomic E-state index is 0. The van der Waals surface area contributed by atoms with Crippen molar-refractivity contribution in [3.05, 3.63) is 17.8 Å². The molecule has 2 aromatic rings. The van der Waals surface area contributed by atoms with Crippen LogP contribution < -0.4 is 5.32 Å². The van der Waals surface area contributed by atoms with Gasteiger partial charge in [0.25, 0.3) is 0 Å². The van der Waals surface area contributed by atoms with Crippen LogP contribution in [0, 0.1) is 12.3 Å². The number of nitrogens with zero attached hydrogens (tertiary/aromatic N) is 3. The van der Waals surface area contributed by atoms with Gasteiger partial charge in [0.05, 0.1) is 0 Å². The molecule has 5 nitrogen and oxygen atoms in total. The Labute approximate surface area is 144 Å². The fourth-order valence-corrected chi connectivity index (χ4v) is 2.82. The van der Waals surface area contributed by atoms with Gasteiger partial charge in [-0.2, -0.15) is 0 Å². The predicted octanol–water partition coefficient (Wildman–Crippen LogP) is 4.87. The Bertz CT molecular complexity index is 723. The molecule has 3 rings (SSSR count). The van der Waals surface area contributed by atoms with E-state index in [1.807, 2.05) is 19.1 Å². The zero-order valence-electron chi connectivity index (χ0n) is 14.5. The lowest BCUT2D eigenvalue weighted by Gasteiger charge is -2.28. The molecule has 0 spiro atoms. The number of fused-ring (bicyclic) bond motifs is 1. The molecule has 2 heterocycles. The van der Waals surface area contributed by atoms with E-state index in [-0.39, 0.29) is 18.7 Å². The largest absolute Gasteiger partial charge is 0.296 e. The molecule has 0 atom stereocenters. The Kier molecular flexibility index (Phi) is 5.31. The highest BCUT2D eigenvalue weighted by molar-refractivity contribution is 5.91. The van der Waals surface area contributed by atoms with Gasteiger partial charge in [-0.25, -0.2) is 9.97 Å². The van der Waals surface area contributed by atoms with Crippen molar-refractivity contribution >= 4 is 23.0 Å². The highest BCUT2D eigenvalue weighted by Crippen LogP contribution is 2.36. The van der Waals surface area contributed by atoms with Crippen LogP contribution >= 0.6 is 0 Å². The van der Waals surface area contributed by atoms with Crippen LogP contribution in [0.5, 0.6) is 0 Å². The fourth-order valence-electron chi connectivity index (χ4n) is 2.82. The molecule has 5 heteroatoms. The second kappa shape index (κ2) is 6.91. The molecule has 0 aromatic carbocycles. The standard InChI is InChI=1S/C18H26N4O.CH4/c1-12-8-9-14-16(19-12)22(13-6-5-7-13)17(20-14)21-15(23)10-11-18(2,3)4;/h8-9,13H,5-7,10-11H2,1-4H3,(H,20,21,23);1H4. The van der Waals surface area contributed by atoms with Crippen molar-refractivity contribution in [1.29, 1.82) is 0 Å². The van der Waals surface area contributed by atoms with Crippen LogP contribution in [0.15, 0.2) is 12.1 Å². The van der Waals surface area contributed by atoms with E-state index in [1.54, 1.807) is 0 Å². The van der Waals surface area contributed by atoms with Crippen LogP contribution in [0.4, 0.5) is 5.95 Å². The first-order valence-corrected chi connectivity index (χ1v) is 8.49. The van der Waals surface area contributed by atoms with Crippen molar-refractivity contribution in [1.82, 2.24) is 14.5 Å². The third kappa shape index (κ3) is 3.94. The van der Waals surface area contributed by atoms with Gasteiger partial charge in [-0.05, 0) is 50.2 Å². The van der Waals surface area contributed by atoms with E-state index in [4.69, 9.17) is 0 Å². The average Bonchev–Trinajstić information content (AvgIpc) is 2.72. The monoisotopic (exact) mass is 330 g/mol. The lowest BCUT2D eigenvalue weighted by atomic mass is 9.90. The Morgan fingerprint density at radius 3 is 2.58 bits per heavy atom. The molecule has 1 aliphatic rings. The minimum Gasteiger partial charge on any atom is -0.296 e. The van der Waals surface area contributed by atoms with Crippen molar-refractivity contribution in [2.24, 2.45) is 5.41 Å². The Balaban J connectivity index is 0.00000208. The normalized spacial score (nSPS) is 15.0. The molecule has 1 saturated carbocycles. The molecule has 2 aromatic heterocycles. The lowest BCUT2D eigenvalue weighted by Crippen LogP contribution is -2.23. The molecule has 132 valence electrons. The van der Waals surface area contributed by atoms with Gasteiger partial charge in [0.15, 0.2) is 5.65 Å². The molecule has 1 aliphatic carbocycles. The smallest absolute Gasteiger partial charge is 0.226 e. The number of imidazole rings is 1. The first-order chi connectivity index (χ1) is 10.8. The second-order valence-corrected chi connectivity index (χ2v) is 7.79.